The summed E-state index contributed by atoms with van der Waals surface area (Å²) in [6.45, 7) is 7.90. The lowest BCUT2D eigenvalue weighted by atomic mass is 9.96. The molecule has 3 rings (SSSR count). The van der Waals surface area contributed by atoms with Gasteiger partial charge in [0.1, 0.15) is 17.3 Å². The van der Waals surface area contributed by atoms with E-state index in [4.69, 9.17) is 9.15 Å². The topological polar surface area (TPSA) is 54.7 Å². The molecule has 0 atom stereocenters. The van der Waals surface area contributed by atoms with Gasteiger partial charge in [-0.05, 0) is 63.9 Å². The number of furan rings is 1. The molecule has 1 N–H and O–H groups in total. The second-order valence-electron chi connectivity index (χ2n) is 7.06. The summed E-state index contributed by atoms with van der Waals surface area (Å²) in [5, 5.41) is 3.00. The first-order valence-corrected chi connectivity index (χ1v) is 9.33. The predicted molar refractivity (Wildman–Crippen MR) is 101 cm³/mol. The standard InChI is InChI=1S/C21H28N2O3/c1-16-12-19(17(2)26-16)14-23-10-8-18(9-11-23)13-22-21(24)15-25-20-6-4-3-5-7-20/h3-7,12,18H,8-11,13-15H2,1-2H3,(H,22,24). The molecule has 2 aromatic rings. The smallest absolute Gasteiger partial charge is 0.257 e. The SMILES string of the molecule is Cc1cc(CN2CCC(CNC(=O)COc3ccccc3)CC2)c(C)o1. The Bertz CT molecular complexity index is 703. The van der Waals surface area contributed by atoms with Crippen molar-refractivity contribution in [2.45, 2.75) is 33.2 Å². The quantitative estimate of drug-likeness (QED) is 0.827. The number of carbonyl (C=O) groups is 1. The molecule has 5 nitrogen and oxygen atoms in total. The molecule has 1 aromatic carbocycles. The Morgan fingerprint density at radius 3 is 2.62 bits per heavy atom. The van der Waals surface area contributed by atoms with Gasteiger partial charge in [0.15, 0.2) is 6.61 Å². The molecule has 0 radical (unpaired) electrons. The lowest BCUT2D eigenvalue weighted by molar-refractivity contribution is -0.123. The van der Waals surface area contributed by atoms with E-state index >= 15 is 0 Å². The minimum Gasteiger partial charge on any atom is -0.484 e. The van der Waals surface area contributed by atoms with Gasteiger partial charge in [-0.1, -0.05) is 18.2 Å². The summed E-state index contributed by atoms with van der Waals surface area (Å²) in [6, 6.07) is 11.6. The second kappa shape index (κ2) is 8.90. The normalized spacial score (nSPS) is 15.8. The first-order chi connectivity index (χ1) is 12.6. The van der Waals surface area contributed by atoms with Crippen molar-refractivity contribution in [3.63, 3.8) is 0 Å². The van der Waals surface area contributed by atoms with Crippen molar-refractivity contribution in [1.82, 2.24) is 10.2 Å². The highest BCUT2D eigenvalue weighted by Crippen LogP contribution is 2.21. The van der Waals surface area contributed by atoms with Crippen molar-refractivity contribution in [2.24, 2.45) is 5.92 Å². The number of ether oxygens (including phenoxy) is 1. The zero-order chi connectivity index (χ0) is 18.4. The molecule has 1 fully saturated rings. The highest BCUT2D eigenvalue weighted by Gasteiger charge is 2.21. The Morgan fingerprint density at radius 2 is 1.96 bits per heavy atom. The van der Waals surface area contributed by atoms with Crippen molar-refractivity contribution >= 4 is 5.91 Å². The monoisotopic (exact) mass is 356 g/mol. The van der Waals surface area contributed by atoms with Crippen LogP contribution in [-0.4, -0.2) is 37.0 Å². The number of amides is 1. The van der Waals surface area contributed by atoms with E-state index in [1.165, 1.54) is 5.56 Å². The fourth-order valence-electron chi connectivity index (χ4n) is 3.40. The van der Waals surface area contributed by atoms with Crippen LogP contribution in [0.1, 0.15) is 29.9 Å². The van der Waals surface area contributed by atoms with E-state index < -0.39 is 0 Å². The summed E-state index contributed by atoms with van der Waals surface area (Å²) >= 11 is 0. The zero-order valence-corrected chi connectivity index (χ0v) is 15.7. The highest BCUT2D eigenvalue weighted by molar-refractivity contribution is 5.77. The van der Waals surface area contributed by atoms with E-state index in [1.54, 1.807) is 0 Å². The van der Waals surface area contributed by atoms with Crippen LogP contribution in [0.15, 0.2) is 40.8 Å². The summed E-state index contributed by atoms with van der Waals surface area (Å²) < 4.78 is 11.1. The number of hydrogen-bond acceptors (Lipinski definition) is 4. The Morgan fingerprint density at radius 1 is 1.23 bits per heavy atom. The number of rotatable bonds is 7. The number of benzene rings is 1. The maximum absolute atomic E-state index is 11.9. The van der Waals surface area contributed by atoms with Gasteiger partial charge in [0.2, 0.25) is 0 Å². The number of aryl methyl sites for hydroxylation is 2. The van der Waals surface area contributed by atoms with E-state index in [2.05, 4.69) is 16.3 Å². The lowest BCUT2D eigenvalue weighted by Gasteiger charge is -2.31. The number of likely N-dealkylation sites (tertiary alicyclic amines) is 1. The Hall–Kier alpha value is -2.27. The van der Waals surface area contributed by atoms with Gasteiger partial charge in [-0.25, -0.2) is 0 Å². The molecule has 26 heavy (non-hydrogen) atoms. The molecule has 0 spiro atoms. The molecule has 140 valence electrons. The Kier molecular flexibility index (Phi) is 6.34. The van der Waals surface area contributed by atoms with Gasteiger partial charge in [-0.15, -0.1) is 0 Å². The molecular weight excluding hydrogens is 328 g/mol. The molecule has 0 unspecified atom stereocenters. The van der Waals surface area contributed by atoms with Gasteiger partial charge in [-0.3, -0.25) is 9.69 Å². The summed E-state index contributed by atoms with van der Waals surface area (Å²) in [6.07, 6.45) is 2.21. The number of piperidine rings is 1. The van der Waals surface area contributed by atoms with Gasteiger partial charge in [0.25, 0.3) is 5.91 Å². The third-order valence-corrected chi connectivity index (χ3v) is 4.95. The van der Waals surface area contributed by atoms with E-state index in [1.807, 2.05) is 44.2 Å². The van der Waals surface area contributed by atoms with Crippen molar-refractivity contribution < 1.29 is 13.9 Å². The van der Waals surface area contributed by atoms with E-state index in [9.17, 15) is 4.79 Å². The van der Waals surface area contributed by atoms with Gasteiger partial charge >= 0.3 is 0 Å². The number of para-hydroxylation sites is 1. The van der Waals surface area contributed by atoms with E-state index in [-0.39, 0.29) is 12.5 Å². The summed E-state index contributed by atoms with van der Waals surface area (Å²) in [5.41, 5.74) is 1.28. The van der Waals surface area contributed by atoms with Crippen molar-refractivity contribution in [1.29, 1.82) is 0 Å². The summed E-state index contributed by atoms with van der Waals surface area (Å²) in [5.74, 6) is 3.21. The third-order valence-electron chi connectivity index (χ3n) is 4.95. The van der Waals surface area contributed by atoms with Crippen LogP contribution in [-0.2, 0) is 11.3 Å². The Labute approximate surface area is 155 Å². The fourth-order valence-corrected chi connectivity index (χ4v) is 3.40. The minimum atomic E-state index is -0.0548. The van der Waals surface area contributed by atoms with Crippen LogP contribution in [0.5, 0.6) is 5.75 Å². The first-order valence-electron chi connectivity index (χ1n) is 9.33. The van der Waals surface area contributed by atoms with Crippen molar-refractivity contribution in [2.75, 3.05) is 26.2 Å². The maximum atomic E-state index is 11.9. The maximum Gasteiger partial charge on any atom is 0.257 e. The fraction of sp³-hybridized carbons (Fsp3) is 0.476. The number of hydrogen-bond donors (Lipinski definition) is 1. The van der Waals surface area contributed by atoms with Crippen LogP contribution in [0.2, 0.25) is 0 Å². The largest absolute Gasteiger partial charge is 0.484 e. The number of nitrogens with zero attached hydrogens (tertiary/aromatic N) is 1. The van der Waals surface area contributed by atoms with Gasteiger partial charge in [0.05, 0.1) is 0 Å². The van der Waals surface area contributed by atoms with Gasteiger partial charge in [-0.2, -0.15) is 0 Å². The number of nitrogens with one attached hydrogen (secondary N) is 1. The molecule has 1 aliphatic rings. The number of carbonyl (C=O) groups excluding carboxylic acids is 1. The van der Waals surface area contributed by atoms with Crippen LogP contribution in [0.25, 0.3) is 0 Å². The Balaban J connectivity index is 1.33. The molecule has 1 amide bonds. The minimum absolute atomic E-state index is 0.0548. The van der Waals surface area contributed by atoms with Gasteiger partial charge < -0.3 is 14.5 Å². The molecular formula is C21H28N2O3. The summed E-state index contributed by atoms with van der Waals surface area (Å²) in [4.78, 5) is 14.4. The van der Waals surface area contributed by atoms with Crippen molar-refractivity contribution in [3.05, 3.63) is 53.5 Å². The third kappa shape index (κ3) is 5.36. The molecule has 1 saturated heterocycles. The average Bonchev–Trinajstić information content (AvgIpc) is 2.97. The van der Waals surface area contributed by atoms with Crippen LogP contribution in [0, 0.1) is 19.8 Å². The molecule has 0 aliphatic carbocycles. The van der Waals surface area contributed by atoms with Crippen LogP contribution in [0.3, 0.4) is 0 Å². The predicted octanol–water partition coefficient (Wildman–Crippen LogP) is 3.30. The molecule has 1 aliphatic heterocycles. The molecule has 5 heteroatoms. The molecule has 1 aromatic heterocycles. The molecule has 0 saturated carbocycles. The van der Waals surface area contributed by atoms with Crippen LogP contribution in [0.4, 0.5) is 0 Å². The lowest BCUT2D eigenvalue weighted by Crippen LogP contribution is -2.39. The summed E-state index contributed by atoms with van der Waals surface area (Å²) in [7, 11) is 0. The average molecular weight is 356 g/mol. The van der Waals surface area contributed by atoms with Gasteiger partial charge in [0, 0.05) is 18.7 Å². The molecule has 0 bridgehead atoms. The second-order valence-corrected chi connectivity index (χ2v) is 7.06. The van der Waals surface area contributed by atoms with E-state index in [0.29, 0.717) is 5.92 Å². The highest BCUT2D eigenvalue weighted by atomic mass is 16.5. The zero-order valence-electron chi connectivity index (χ0n) is 15.7. The van der Waals surface area contributed by atoms with Crippen LogP contribution < -0.4 is 10.1 Å². The molecule has 2 heterocycles. The van der Waals surface area contributed by atoms with Crippen LogP contribution >= 0.6 is 0 Å². The first kappa shape index (κ1) is 18.5. The van der Waals surface area contributed by atoms with E-state index in [0.717, 1.165) is 56.3 Å². The van der Waals surface area contributed by atoms with Crippen molar-refractivity contribution in [3.8, 4) is 5.75 Å².